The van der Waals surface area contributed by atoms with Gasteiger partial charge in [-0.3, -0.25) is 4.79 Å². The van der Waals surface area contributed by atoms with Crippen molar-refractivity contribution in [1.29, 1.82) is 0 Å². The Morgan fingerprint density at radius 2 is 1.71 bits per heavy atom. The number of hydrogen-bond donors (Lipinski definition) is 0. The van der Waals surface area contributed by atoms with Gasteiger partial charge in [-0.2, -0.15) is 0 Å². The first-order chi connectivity index (χ1) is 7.89. The van der Waals surface area contributed by atoms with Crippen molar-refractivity contribution < 1.29 is 13.6 Å². The highest BCUT2D eigenvalue weighted by Crippen LogP contribution is 2.28. The molecule has 0 aliphatic carbocycles. The minimum absolute atomic E-state index is 0.343. The Morgan fingerprint density at radius 3 is 2.12 bits per heavy atom. The van der Waals surface area contributed by atoms with Crippen LogP contribution in [0.2, 0.25) is 0 Å². The van der Waals surface area contributed by atoms with Crippen molar-refractivity contribution in [2.24, 2.45) is 0 Å². The predicted molar refractivity (Wildman–Crippen MR) is 62.0 cm³/mol. The van der Waals surface area contributed by atoms with Crippen molar-refractivity contribution >= 4 is 11.5 Å². The third-order valence-electron chi connectivity index (χ3n) is 2.76. The van der Waals surface area contributed by atoms with Crippen molar-refractivity contribution in [2.75, 3.05) is 13.1 Å². The number of allylic oxidation sites excluding steroid dienone is 1. The molecule has 2 rings (SSSR count). The molecule has 2 nitrogen and oxygen atoms in total. The van der Waals surface area contributed by atoms with Crippen molar-refractivity contribution in [3.8, 4) is 0 Å². The van der Waals surface area contributed by atoms with Crippen molar-refractivity contribution in [3.63, 3.8) is 0 Å². The Balaban J connectivity index is 2.08. The van der Waals surface area contributed by atoms with E-state index in [1.807, 2.05) is 6.92 Å². The Hall–Kier alpha value is -1.71. The molecule has 1 aliphatic heterocycles. The maximum Gasteiger partial charge on any atom is 0.282 e. The van der Waals surface area contributed by atoms with Crippen molar-refractivity contribution in [3.05, 3.63) is 42.0 Å². The van der Waals surface area contributed by atoms with E-state index in [1.165, 1.54) is 0 Å². The molecule has 0 spiro atoms. The maximum absolute atomic E-state index is 12.6. The van der Waals surface area contributed by atoms with Gasteiger partial charge in [-0.05, 0) is 24.6 Å². The van der Waals surface area contributed by atoms with Crippen LogP contribution in [0.25, 0.3) is 5.57 Å². The average molecular weight is 237 g/mol. The first kappa shape index (κ1) is 11.8. The number of benzene rings is 1. The molecule has 1 aromatic rings. The Labute approximate surface area is 98.5 Å². The normalized spacial score (nSPS) is 17.5. The van der Waals surface area contributed by atoms with Crippen LogP contribution < -0.4 is 0 Å². The number of rotatable bonds is 2. The van der Waals surface area contributed by atoms with Crippen LogP contribution in [-0.2, 0) is 0 Å². The molecule has 0 unspecified atom stereocenters. The molecule has 1 aromatic carbocycles. The lowest BCUT2D eigenvalue weighted by Gasteiger charge is -2.38. The highest BCUT2D eigenvalue weighted by atomic mass is 19.3. The van der Waals surface area contributed by atoms with Gasteiger partial charge in [-0.25, -0.2) is 8.78 Å². The molecule has 0 bridgehead atoms. The van der Waals surface area contributed by atoms with E-state index < -0.39 is 19.0 Å². The average Bonchev–Trinajstić information content (AvgIpc) is 2.25. The Kier molecular flexibility index (Phi) is 2.73. The minimum Gasteiger partial charge on any atom is -0.326 e. The van der Waals surface area contributed by atoms with E-state index in [-0.39, 0.29) is 5.91 Å². The second kappa shape index (κ2) is 3.95. The lowest BCUT2D eigenvalue weighted by atomic mass is 10.0. The monoisotopic (exact) mass is 237 g/mol. The first-order valence-electron chi connectivity index (χ1n) is 5.32. The van der Waals surface area contributed by atoms with Gasteiger partial charge in [0, 0.05) is 5.56 Å². The molecule has 4 heteroatoms. The molecule has 1 saturated heterocycles. The molecule has 1 fully saturated rings. The highest BCUT2D eigenvalue weighted by Gasteiger charge is 2.46. The van der Waals surface area contributed by atoms with Gasteiger partial charge in [0.1, 0.15) is 0 Å². The summed E-state index contributed by atoms with van der Waals surface area (Å²) in [6.07, 6.45) is 0. The summed E-state index contributed by atoms with van der Waals surface area (Å²) in [5.74, 6) is -3.06. The van der Waals surface area contributed by atoms with Gasteiger partial charge < -0.3 is 4.90 Å². The van der Waals surface area contributed by atoms with Crippen LogP contribution >= 0.6 is 0 Å². The van der Waals surface area contributed by atoms with Gasteiger partial charge in [0.25, 0.3) is 11.8 Å². The number of alkyl halides is 2. The van der Waals surface area contributed by atoms with E-state index in [0.717, 1.165) is 16.0 Å². The summed E-state index contributed by atoms with van der Waals surface area (Å²) in [7, 11) is 0. The molecular formula is C13H13F2NO. The number of amides is 1. The molecular weight excluding hydrogens is 224 g/mol. The van der Waals surface area contributed by atoms with E-state index in [4.69, 9.17) is 0 Å². The lowest BCUT2D eigenvalue weighted by Crippen LogP contribution is -2.58. The molecule has 1 heterocycles. The van der Waals surface area contributed by atoms with Crippen LogP contribution in [0.5, 0.6) is 0 Å². The topological polar surface area (TPSA) is 20.3 Å². The Morgan fingerprint density at radius 1 is 1.24 bits per heavy atom. The number of halogens is 2. The molecule has 0 atom stereocenters. The number of carbonyl (C=O) groups excluding carboxylic acids is 1. The maximum atomic E-state index is 12.6. The van der Waals surface area contributed by atoms with Crippen LogP contribution in [0.4, 0.5) is 8.78 Å². The third-order valence-corrected chi connectivity index (χ3v) is 2.76. The predicted octanol–water partition coefficient (Wildman–Crippen LogP) is 2.81. The zero-order valence-electron chi connectivity index (χ0n) is 9.54. The zero-order valence-corrected chi connectivity index (χ0v) is 9.54. The molecule has 1 aliphatic rings. The van der Waals surface area contributed by atoms with E-state index in [2.05, 4.69) is 6.58 Å². The van der Waals surface area contributed by atoms with E-state index >= 15 is 0 Å². The molecule has 17 heavy (non-hydrogen) atoms. The van der Waals surface area contributed by atoms with Crippen LogP contribution in [0.3, 0.4) is 0 Å². The molecule has 0 radical (unpaired) electrons. The third kappa shape index (κ3) is 2.35. The minimum atomic E-state index is -2.71. The zero-order chi connectivity index (χ0) is 12.6. The summed E-state index contributed by atoms with van der Waals surface area (Å²) in [6.45, 7) is 4.70. The van der Waals surface area contributed by atoms with Gasteiger partial charge in [0.05, 0.1) is 13.1 Å². The van der Waals surface area contributed by atoms with Gasteiger partial charge >= 0.3 is 0 Å². The van der Waals surface area contributed by atoms with Gasteiger partial charge in [0.15, 0.2) is 0 Å². The van der Waals surface area contributed by atoms with Crippen LogP contribution in [0.1, 0.15) is 22.8 Å². The van der Waals surface area contributed by atoms with E-state index in [0.29, 0.717) is 5.56 Å². The summed E-state index contributed by atoms with van der Waals surface area (Å²) in [6, 6.07) is 6.83. The number of likely N-dealkylation sites (tertiary alicyclic amines) is 1. The van der Waals surface area contributed by atoms with Crippen LogP contribution in [-0.4, -0.2) is 29.8 Å². The molecule has 0 N–H and O–H groups in total. The molecule has 90 valence electrons. The lowest BCUT2D eigenvalue weighted by molar-refractivity contribution is -0.113. The van der Waals surface area contributed by atoms with Gasteiger partial charge in [-0.15, -0.1) is 0 Å². The fraction of sp³-hybridized carbons (Fsp3) is 0.308. The first-order valence-corrected chi connectivity index (χ1v) is 5.32. The number of carbonyl (C=O) groups is 1. The summed E-state index contributed by atoms with van der Waals surface area (Å²) in [5.41, 5.74) is 2.28. The smallest absolute Gasteiger partial charge is 0.282 e. The number of nitrogens with zero attached hydrogens (tertiary/aromatic N) is 1. The summed E-state index contributed by atoms with van der Waals surface area (Å²) < 4.78 is 25.3. The summed E-state index contributed by atoms with van der Waals surface area (Å²) in [4.78, 5) is 12.9. The van der Waals surface area contributed by atoms with Crippen molar-refractivity contribution in [2.45, 2.75) is 12.8 Å². The van der Waals surface area contributed by atoms with Gasteiger partial charge in [-0.1, -0.05) is 24.3 Å². The van der Waals surface area contributed by atoms with Crippen molar-refractivity contribution in [1.82, 2.24) is 4.90 Å². The summed E-state index contributed by atoms with van der Waals surface area (Å²) in [5, 5.41) is 0. The molecule has 0 aromatic heterocycles. The second-order valence-corrected chi connectivity index (χ2v) is 4.37. The summed E-state index contributed by atoms with van der Waals surface area (Å²) >= 11 is 0. The van der Waals surface area contributed by atoms with Crippen LogP contribution in [0.15, 0.2) is 30.8 Å². The SMILES string of the molecule is C=C(C)c1ccc(C(=O)N2CC(F)(F)C2)cc1. The van der Waals surface area contributed by atoms with Gasteiger partial charge in [0.2, 0.25) is 0 Å². The largest absolute Gasteiger partial charge is 0.326 e. The number of hydrogen-bond acceptors (Lipinski definition) is 1. The standard InChI is InChI=1S/C13H13F2NO/c1-9(2)10-3-5-11(6-4-10)12(17)16-7-13(14,15)8-16/h3-6H,1,7-8H2,2H3. The quantitative estimate of drug-likeness (QED) is 0.774. The van der Waals surface area contributed by atoms with E-state index in [1.54, 1.807) is 24.3 Å². The Bertz CT molecular complexity index is 457. The molecule has 0 saturated carbocycles. The molecule has 1 amide bonds. The fourth-order valence-electron chi connectivity index (χ4n) is 1.74. The second-order valence-electron chi connectivity index (χ2n) is 4.37. The van der Waals surface area contributed by atoms with E-state index in [9.17, 15) is 13.6 Å². The highest BCUT2D eigenvalue weighted by molar-refractivity contribution is 5.95. The van der Waals surface area contributed by atoms with Crippen LogP contribution in [0, 0.1) is 0 Å². The fourth-order valence-corrected chi connectivity index (χ4v) is 1.74.